The third kappa shape index (κ3) is 4.74. The Hall–Kier alpha value is -1.08. The molecule has 17 heavy (non-hydrogen) atoms. The Morgan fingerprint density at radius 3 is 2.59 bits per heavy atom. The number of halogens is 4. The van der Waals surface area contributed by atoms with Gasteiger partial charge >= 0.3 is 12.1 Å². The van der Waals surface area contributed by atoms with Gasteiger partial charge in [-0.15, -0.1) is 0 Å². The lowest BCUT2D eigenvalue weighted by Crippen LogP contribution is -2.16. The number of ether oxygens (including phenoxy) is 1. The highest BCUT2D eigenvalue weighted by Crippen LogP contribution is 2.21. The van der Waals surface area contributed by atoms with Crippen LogP contribution in [0.3, 0.4) is 0 Å². The summed E-state index contributed by atoms with van der Waals surface area (Å²) in [6.45, 7) is -1.67. The fourth-order valence-electron chi connectivity index (χ4n) is 1.10. The molecule has 7 heteroatoms. The zero-order valence-electron chi connectivity index (χ0n) is 8.42. The number of aromatic carboxylic acids is 1. The van der Waals surface area contributed by atoms with E-state index in [4.69, 9.17) is 5.11 Å². The van der Waals surface area contributed by atoms with Crippen molar-refractivity contribution < 1.29 is 27.8 Å². The summed E-state index contributed by atoms with van der Waals surface area (Å²) in [4.78, 5) is 10.7. The first kappa shape index (κ1) is 14.0. The Labute approximate surface area is 103 Å². The Bertz CT molecular complexity index is 418. The van der Waals surface area contributed by atoms with Crippen LogP contribution < -0.4 is 0 Å². The van der Waals surface area contributed by atoms with Crippen molar-refractivity contribution in [1.29, 1.82) is 0 Å². The monoisotopic (exact) mass is 312 g/mol. The molecule has 0 aliphatic rings. The van der Waals surface area contributed by atoms with E-state index in [0.29, 0.717) is 10.0 Å². The van der Waals surface area contributed by atoms with Gasteiger partial charge in [-0.3, -0.25) is 0 Å². The quantitative estimate of drug-likeness (QED) is 0.928. The highest BCUT2D eigenvalue weighted by molar-refractivity contribution is 9.10. The Kier molecular flexibility index (Phi) is 4.53. The summed E-state index contributed by atoms with van der Waals surface area (Å²) in [6, 6.07) is 4.07. The molecule has 0 bridgehead atoms. The second-order valence-corrected chi connectivity index (χ2v) is 4.07. The van der Waals surface area contributed by atoms with Crippen molar-refractivity contribution in [1.82, 2.24) is 0 Å². The van der Waals surface area contributed by atoms with E-state index in [0.717, 1.165) is 0 Å². The highest BCUT2D eigenvalue weighted by atomic mass is 79.9. The molecule has 0 unspecified atom stereocenters. The summed E-state index contributed by atoms with van der Waals surface area (Å²) in [6.07, 6.45) is -4.39. The standard InChI is InChI=1S/C10H8BrF3O3/c11-8-2-1-6(9(15)16)3-7(8)4-17-5-10(12,13)14/h1-3H,4-5H2,(H,15,16). The average molecular weight is 313 g/mol. The minimum absolute atomic E-state index is 0.00110. The summed E-state index contributed by atoms with van der Waals surface area (Å²) in [5, 5.41) is 8.72. The van der Waals surface area contributed by atoms with Crippen LogP contribution in [0.25, 0.3) is 0 Å². The molecule has 0 heterocycles. The molecule has 0 radical (unpaired) electrons. The zero-order chi connectivity index (χ0) is 13.1. The predicted molar refractivity (Wildman–Crippen MR) is 56.8 cm³/mol. The summed E-state index contributed by atoms with van der Waals surface area (Å²) in [7, 11) is 0. The van der Waals surface area contributed by atoms with Gasteiger partial charge in [-0.05, 0) is 23.8 Å². The van der Waals surface area contributed by atoms with Crippen LogP contribution in [0, 0.1) is 0 Å². The topological polar surface area (TPSA) is 46.5 Å². The predicted octanol–water partition coefficient (Wildman–Crippen LogP) is 3.23. The van der Waals surface area contributed by atoms with Gasteiger partial charge in [-0.1, -0.05) is 15.9 Å². The van der Waals surface area contributed by atoms with Crippen LogP contribution in [0.4, 0.5) is 13.2 Å². The number of hydrogen-bond donors (Lipinski definition) is 1. The van der Waals surface area contributed by atoms with E-state index in [-0.39, 0.29) is 12.2 Å². The fraction of sp³-hybridized carbons (Fsp3) is 0.300. The molecule has 1 N–H and O–H groups in total. The smallest absolute Gasteiger partial charge is 0.411 e. The van der Waals surface area contributed by atoms with Gasteiger partial charge in [0.05, 0.1) is 12.2 Å². The molecule has 0 spiro atoms. The molecule has 0 amide bonds. The van der Waals surface area contributed by atoms with Crippen molar-refractivity contribution in [2.45, 2.75) is 12.8 Å². The number of carboxylic acid groups (broad SMARTS) is 1. The number of rotatable bonds is 4. The molecule has 0 aromatic heterocycles. The SMILES string of the molecule is O=C(O)c1ccc(Br)c(COCC(F)(F)F)c1. The van der Waals surface area contributed by atoms with Crippen LogP contribution in [0.15, 0.2) is 22.7 Å². The van der Waals surface area contributed by atoms with Crippen LogP contribution in [0.5, 0.6) is 0 Å². The first-order valence-corrected chi connectivity index (χ1v) is 5.25. The van der Waals surface area contributed by atoms with Gasteiger partial charge in [-0.2, -0.15) is 13.2 Å². The molecule has 0 fully saturated rings. The van der Waals surface area contributed by atoms with E-state index in [1.807, 2.05) is 0 Å². The maximum Gasteiger partial charge on any atom is 0.411 e. The van der Waals surface area contributed by atoms with Crippen molar-refractivity contribution in [2.75, 3.05) is 6.61 Å². The lowest BCUT2D eigenvalue weighted by atomic mass is 10.1. The van der Waals surface area contributed by atoms with Crippen LogP contribution in [-0.2, 0) is 11.3 Å². The number of carbonyl (C=O) groups is 1. The second-order valence-electron chi connectivity index (χ2n) is 3.22. The van der Waals surface area contributed by atoms with Crippen LogP contribution in [0.2, 0.25) is 0 Å². The Morgan fingerprint density at radius 2 is 2.06 bits per heavy atom. The van der Waals surface area contributed by atoms with E-state index < -0.39 is 18.8 Å². The fourth-order valence-corrected chi connectivity index (χ4v) is 1.46. The molecule has 1 aromatic carbocycles. The van der Waals surface area contributed by atoms with E-state index in [9.17, 15) is 18.0 Å². The third-order valence-electron chi connectivity index (χ3n) is 1.82. The van der Waals surface area contributed by atoms with E-state index in [2.05, 4.69) is 20.7 Å². The molecule has 0 atom stereocenters. The van der Waals surface area contributed by atoms with Crippen molar-refractivity contribution in [3.05, 3.63) is 33.8 Å². The summed E-state index contributed by atoms with van der Waals surface area (Å²) >= 11 is 3.11. The van der Waals surface area contributed by atoms with Gasteiger partial charge in [0.2, 0.25) is 0 Å². The average Bonchev–Trinajstić information content (AvgIpc) is 2.18. The van der Waals surface area contributed by atoms with Gasteiger partial charge in [0, 0.05) is 4.47 Å². The minimum atomic E-state index is -4.39. The molecule has 0 aliphatic heterocycles. The molecule has 0 aliphatic carbocycles. The molecular formula is C10H8BrF3O3. The minimum Gasteiger partial charge on any atom is -0.478 e. The molecule has 1 aromatic rings. The molecular weight excluding hydrogens is 305 g/mol. The van der Waals surface area contributed by atoms with Gasteiger partial charge in [0.15, 0.2) is 0 Å². The van der Waals surface area contributed by atoms with Gasteiger partial charge in [-0.25, -0.2) is 4.79 Å². The van der Waals surface area contributed by atoms with Gasteiger partial charge in [0.25, 0.3) is 0 Å². The van der Waals surface area contributed by atoms with Crippen LogP contribution in [0.1, 0.15) is 15.9 Å². The molecule has 3 nitrogen and oxygen atoms in total. The summed E-state index contributed by atoms with van der Waals surface area (Å²) in [5.74, 6) is -1.14. The van der Waals surface area contributed by atoms with E-state index in [1.165, 1.54) is 18.2 Å². The van der Waals surface area contributed by atoms with Crippen molar-refractivity contribution in [3.8, 4) is 0 Å². The van der Waals surface area contributed by atoms with Crippen molar-refractivity contribution in [2.24, 2.45) is 0 Å². The van der Waals surface area contributed by atoms with Gasteiger partial charge < -0.3 is 9.84 Å². The maximum atomic E-state index is 11.8. The lowest BCUT2D eigenvalue weighted by molar-refractivity contribution is -0.176. The molecule has 1 rings (SSSR count). The number of alkyl halides is 3. The lowest BCUT2D eigenvalue weighted by Gasteiger charge is -2.09. The normalized spacial score (nSPS) is 11.5. The molecule has 94 valence electrons. The first-order valence-electron chi connectivity index (χ1n) is 4.46. The van der Waals surface area contributed by atoms with E-state index >= 15 is 0 Å². The number of carboxylic acids is 1. The summed E-state index contributed by atoms with van der Waals surface area (Å²) < 4.78 is 40.5. The van der Waals surface area contributed by atoms with Crippen LogP contribution in [-0.4, -0.2) is 23.9 Å². The second kappa shape index (κ2) is 5.50. The number of hydrogen-bond acceptors (Lipinski definition) is 2. The van der Waals surface area contributed by atoms with Gasteiger partial charge in [0.1, 0.15) is 6.61 Å². The highest BCUT2D eigenvalue weighted by Gasteiger charge is 2.27. The maximum absolute atomic E-state index is 11.8. The zero-order valence-corrected chi connectivity index (χ0v) is 10.0. The molecule has 0 saturated heterocycles. The first-order chi connectivity index (χ1) is 7.79. The third-order valence-corrected chi connectivity index (χ3v) is 2.59. The Balaban J connectivity index is 2.70. The number of benzene rings is 1. The van der Waals surface area contributed by atoms with Crippen LogP contribution >= 0.6 is 15.9 Å². The molecule has 0 saturated carbocycles. The largest absolute Gasteiger partial charge is 0.478 e. The Morgan fingerprint density at radius 1 is 1.41 bits per heavy atom. The van der Waals surface area contributed by atoms with Crippen molar-refractivity contribution in [3.63, 3.8) is 0 Å². The summed E-state index contributed by atoms with van der Waals surface area (Å²) in [5.41, 5.74) is 0.355. The van der Waals surface area contributed by atoms with E-state index in [1.54, 1.807) is 0 Å². The van der Waals surface area contributed by atoms with Crippen molar-refractivity contribution >= 4 is 21.9 Å².